The van der Waals surface area contributed by atoms with E-state index in [9.17, 15) is 4.39 Å². The van der Waals surface area contributed by atoms with Gasteiger partial charge in [-0.2, -0.15) is 4.98 Å². The van der Waals surface area contributed by atoms with Crippen LogP contribution in [0.2, 0.25) is 0 Å². The average Bonchev–Trinajstić information content (AvgIpc) is 3.11. The highest BCUT2D eigenvalue weighted by atomic mass is 19.1. The zero-order valence-corrected chi connectivity index (χ0v) is 11.9. The number of hydrogen-bond donors (Lipinski definition) is 1. The quantitative estimate of drug-likeness (QED) is 0.911. The molecule has 0 amide bonds. The van der Waals surface area contributed by atoms with Crippen LogP contribution in [0.4, 0.5) is 4.39 Å². The van der Waals surface area contributed by atoms with Crippen LogP contribution in [-0.4, -0.2) is 35.9 Å². The second kappa shape index (κ2) is 6.32. The highest BCUT2D eigenvalue weighted by Crippen LogP contribution is 2.24. The van der Waals surface area contributed by atoms with Crippen LogP contribution in [0.5, 0.6) is 0 Å². The summed E-state index contributed by atoms with van der Waals surface area (Å²) in [5, 5.41) is 7.37. The van der Waals surface area contributed by atoms with Gasteiger partial charge in [0, 0.05) is 12.5 Å². The van der Waals surface area contributed by atoms with Gasteiger partial charge in [-0.05, 0) is 24.2 Å². The first-order chi connectivity index (χ1) is 10.3. The van der Waals surface area contributed by atoms with Crippen LogP contribution in [0.15, 0.2) is 28.8 Å². The van der Waals surface area contributed by atoms with Gasteiger partial charge >= 0.3 is 0 Å². The first kappa shape index (κ1) is 14.2. The Morgan fingerprint density at radius 2 is 2.10 bits per heavy atom. The SMILES string of the molecule is CCNC1COCC1c1nc(Cc2ccc(F)cc2)no1. The maximum atomic E-state index is 12.9. The van der Waals surface area contributed by atoms with Crippen LogP contribution >= 0.6 is 0 Å². The lowest BCUT2D eigenvalue weighted by molar-refractivity contribution is 0.185. The zero-order valence-electron chi connectivity index (χ0n) is 11.9. The fourth-order valence-electron chi connectivity index (χ4n) is 2.54. The van der Waals surface area contributed by atoms with E-state index in [1.165, 1.54) is 12.1 Å². The van der Waals surface area contributed by atoms with Crippen molar-refractivity contribution in [1.82, 2.24) is 15.5 Å². The number of nitrogens with zero attached hydrogens (tertiary/aromatic N) is 2. The zero-order chi connectivity index (χ0) is 14.7. The molecule has 1 N–H and O–H groups in total. The van der Waals surface area contributed by atoms with E-state index >= 15 is 0 Å². The van der Waals surface area contributed by atoms with Gasteiger partial charge in [0.2, 0.25) is 5.89 Å². The summed E-state index contributed by atoms with van der Waals surface area (Å²) in [4.78, 5) is 4.45. The van der Waals surface area contributed by atoms with E-state index < -0.39 is 0 Å². The molecule has 2 unspecified atom stereocenters. The van der Waals surface area contributed by atoms with Crippen molar-refractivity contribution in [2.24, 2.45) is 0 Å². The van der Waals surface area contributed by atoms with E-state index in [0.29, 0.717) is 31.3 Å². The predicted molar refractivity (Wildman–Crippen MR) is 74.5 cm³/mol. The van der Waals surface area contributed by atoms with E-state index in [4.69, 9.17) is 9.26 Å². The van der Waals surface area contributed by atoms with Crippen molar-refractivity contribution in [3.05, 3.63) is 47.4 Å². The number of aromatic nitrogens is 2. The molecule has 0 spiro atoms. The molecule has 112 valence electrons. The molecule has 2 heterocycles. The molecule has 6 heteroatoms. The molecule has 0 bridgehead atoms. The van der Waals surface area contributed by atoms with E-state index in [2.05, 4.69) is 22.4 Å². The van der Waals surface area contributed by atoms with E-state index in [-0.39, 0.29) is 17.8 Å². The third-order valence-corrected chi connectivity index (χ3v) is 3.62. The second-order valence-electron chi connectivity index (χ2n) is 5.16. The molecule has 0 saturated carbocycles. The maximum Gasteiger partial charge on any atom is 0.233 e. The minimum atomic E-state index is -0.246. The van der Waals surface area contributed by atoms with Crippen LogP contribution in [0.3, 0.4) is 0 Å². The van der Waals surface area contributed by atoms with Gasteiger partial charge in [0.25, 0.3) is 0 Å². The van der Waals surface area contributed by atoms with Crippen LogP contribution in [-0.2, 0) is 11.2 Å². The number of ether oxygens (including phenoxy) is 1. The van der Waals surface area contributed by atoms with Crippen LogP contribution in [0, 0.1) is 5.82 Å². The molecular formula is C15H18FN3O2. The summed E-state index contributed by atoms with van der Waals surface area (Å²) in [6, 6.07) is 6.54. The molecule has 2 aromatic rings. The summed E-state index contributed by atoms with van der Waals surface area (Å²) in [5.41, 5.74) is 0.953. The van der Waals surface area contributed by atoms with Crippen molar-refractivity contribution in [3.63, 3.8) is 0 Å². The largest absolute Gasteiger partial charge is 0.379 e. The Balaban J connectivity index is 1.69. The molecule has 1 aliphatic rings. The molecule has 5 nitrogen and oxygen atoms in total. The minimum absolute atomic E-state index is 0.0967. The molecular weight excluding hydrogens is 273 g/mol. The van der Waals surface area contributed by atoms with Crippen molar-refractivity contribution in [3.8, 4) is 0 Å². The van der Waals surface area contributed by atoms with Gasteiger partial charge < -0.3 is 14.6 Å². The van der Waals surface area contributed by atoms with Gasteiger partial charge in [-0.25, -0.2) is 4.39 Å². The third-order valence-electron chi connectivity index (χ3n) is 3.62. The Labute approximate surface area is 122 Å². The number of rotatable bonds is 5. The van der Waals surface area contributed by atoms with Crippen molar-refractivity contribution in [2.75, 3.05) is 19.8 Å². The lowest BCUT2D eigenvalue weighted by atomic mass is 10.0. The summed E-state index contributed by atoms with van der Waals surface area (Å²) in [6.07, 6.45) is 0.531. The maximum absolute atomic E-state index is 12.9. The van der Waals surface area contributed by atoms with Gasteiger partial charge in [-0.15, -0.1) is 0 Å². The van der Waals surface area contributed by atoms with Crippen molar-refractivity contribution in [1.29, 1.82) is 0 Å². The van der Waals surface area contributed by atoms with E-state index in [1.54, 1.807) is 12.1 Å². The smallest absolute Gasteiger partial charge is 0.233 e. The Morgan fingerprint density at radius 1 is 1.29 bits per heavy atom. The van der Waals surface area contributed by atoms with Crippen molar-refractivity contribution >= 4 is 0 Å². The summed E-state index contributed by atoms with van der Waals surface area (Å²) < 4.78 is 23.7. The highest BCUT2D eigenvalue weighted by molar-refractivity contribution is 5.19. The van der Waals surface area contributed by atoms with Crippen molar-refractivity contribution < 1.29 is 13.7 Å². The lowest BCUT2D eigenvalue weighted by Crippen LogP contribution is -2.34. The number of hydrogen-bond acceptors (Lipinski definition) is 5. The lowest BCUT2D eigenvalue weighted by Gasteiger charge is -2.13. The summed E-state index contributed by atoms with van der Waals surface area (Å²) in [5.74, 6) is 1.07. The Bertz CT molecular complexity index is 585. The van der Waals surface area contributed by atoms with Gasteiger partial charge in [0.1, 0.15) is 5.82 Å². The fraction of sp³-hybridized carbons (Fsp3) is 0.467. The molecule has 1 saturated heterocycles. The van der Waals surface area contributed by atoms with Gasteiger partial charge in [-0.3, -0.25) is 0 Å². The van der Waals surface area contributed by atoms with Crippen LogP contribution in [0.25, 0.3) is 0 Å². The number of nitrogens with one attached hydrogen (secondary N) is 1. The number of halogens is 1. The van der Waals surface area contributed by atoms with Crippen LogP contribution < -0.4 is 5.32 Å². The minimum Gasteiger partial charge on any atom is -0.379 e. The third kappa shape index (κ3) is 3.28. The first-order valence-electron chi connectivity index (χ1n) is 7.14. The fourth-order valence-corrected chi connectivity index (χ4v) is 2.54. The first-order valence-corrected chi connectivity index (χ1v) is 7.14. The number of likely N-dealkylation sites (N-methyl/N-ethyl adjacent to an activating group) is 1. The summed E-state index contributed by atoms with van der Waals surface area (Å²) in [6.45, 7) is 4.19. The molecule has 1 aromatic heterocycles. The monoisotopic (exact) mass is 291 g/mol. The molecule has 21 heavy (non-hydrogen) atoms. The Kier molecular flexibility index (Phi) is 4.26. The molecule has 0 aliphatic carbocycles. The molecule has 1 fully saturated rings. The van der Waals surface area contributed by atoms with E-state index in [1.807, 2.05) is 0 Å². The normalized spacial score (nSPS) is 21.8. The van der Waals surface area contributed by atoms with Crippen LogP contribution in [0.1, 0.15) is 30.1 Å². The Hall–Kier alpha value is -1.79. The molecule has 0 radical (unpaired) electrons. The average molecular weight is 291 g/mol. The van der Waals surface area contributed by atoms with E-state index in [0.717, 1.165) is 12.1 Å². The Morgan fingerprint density at radius 3 is 2.86 bits per heavy atom. The molecule has 1 aliphatic heterocycles. The standard InChI is InChI=1S/C15H18FN3O2/c1-2-17-13-9-20-8-12(13)15-18-14(19-21-15)7-10-3-5-11(16)6-4-10/h3-6,12-13,17H,2,7-9H2,1H3. The van der Waals surface area contributed by atoms with Crippen molar-refractivity contribution in [2.45, 2.75) is 25.3 Å². The topological polar surface area (TPSA) is 60.2 Å². The van der Waals surface area contributed by atoms with Gasteiger partial charge in [0.15, 0.2) is 5.82 Å². The van der Waals surface area contributed by atoms with Gasteiger partial charge in [0.05, 0.1) is 19.1 Å². The molecule has 3 rings (SSSR count). The summed E-state index contributed by atoms with van der Waals surface area (Å²) >= 11 is 0. The summed E-state index contributed by atoms with van der Waals surface area (Å²) in [7, 11) is 0. The number of benzene rings is 1. The predicted octanol–water partition coefficient (Wildman–Crippen LogP) is 1.89. The highest BCUT2D eigenvalue weighted by Gasteiger charge is 2.33. The van der Waals surface area contributed by atoms with Gasteiger partial charge in [-0.1, -0.05) is 24.2 Å². The second-order valence-corrected chi connectivity index (χ2v) is 5.16. The molecule has 2 atom stereocenters. The molecule has 1 aromatic carbocycles.